The largest absolute Gasteiger partial charge is 0.483 e. The van der Waals surface area contributed by atoms with Crippen molar-refractivity contribution in [3.63, 3.8) is 0 Å². The first-order valence-electron chi connectivity index (χ1n) is 8.99. The molecule has 0 heterocycles. The standard InChI is InChI=1S/C22H28N2O3/c1-14-10-11-17(23-21(26)22(4,5)6)12-18(14)24-19(25)13-27-20-15(2)8-7-9-16(20)3/h7-12H,13H2,1-6H3,(H,23,26)(H,24,25). The van der Waals surface area contributed by atoms with Crippen LogP contribution in [0.5, 0.6) is 5.75 Å². The van der Waals surface area contributed by atoms with E-state index in [1.165, 1.54) is 0 Å². The first-order valence-corrected chi connectivity index (χ1v) is 8.99. The highest BCUT2D eigenvalue weighted by Crippen LogP contribution is 2.24. The van der Waals surface area contributed by atoms with Crippen molar-refractivity contribution in [1.82, 2.24) is 0 Å². The van der Waals surface area contributed by atoms with Crippen molar-refractivity contribution < 1.29 is 14.3 Å². The molecule has 144 valence electrons. The maximum Gasteiger partial charge on any atom is 0.262 e. The van der Waals surface area contributed by atoms with E-state index in [4.69, 9.17) is 4.74 Å². The van der Waals surface area contributed by atoms with Gasteiger partial charge in [0, 0.05) is 16.8 Å². The van der Waals surface area contributed by atoms with E-state index in [9.17, 15) is 9.59 Å². The van der Waals surface area contributed by atoms with Gasteiger partial charge in [-0.15, -0.1) is 0 Å². The smallest absolute Gasteiger partial charge is 0.262 e. The van der Waals surface area contributed by atoms with Gasteiger partial charge in [0.25, 0.3) is 5.91 Å². The number of carbonyl (C=O) groups excluding carboxylic acids is 2. The lowest BCUT2D eigenvalue weighted by Crippen LogP contribution is -2.27. The summed E-state index contributed by atoms with van der Waals surface area (Å²) in [5, 5.41) is 5.73. The van der Waals surface area contributed by atoms with E-state index in [0.29, 0.717) is 11.4 Å². The van der Waals surface area contributed by atoms with Crippen molar-refractivity contribution in [3.05, 3.63) is 53.1 Å². The highest BCUT2D eigenvalue weighted by atomic mass is 16.5. The number of nitrogens with one attached hydrogen (secondary N) is 2. The molecule has 0 aliphatic rings. The Morgan fingerprint density at radius 1 is 0.926 bits per heavy atom. The number of rotatable bonds is 5. The number of hydrogen-bond donors (Lipinski definition) is 2. The third-order valence-corrected chi connectivity index (χ3v) is 4.21. The lowest BCUT2D eigenvalue weighted by Gasteiger charge is -2.18. The molecular weight excluding hydrogens is 340 g/mol. The molecule has 2 rings (SSSR count). The normalized spacial score (nSPS) is 11.0. The van der Waals surface area contributed by atoms with Crippen LogP contribution in [0.3, 0.4) is 0 Å². The van der Waals surface area contributed by atoms with Crippen LogP contribution in [0.15, 0.2) is 36.4 Å². The Balaban J connectivity index is 2.04. The Morgan fingerprint density at radius 3 is 2.15 bits per heavy atom. The topological polar surface area (TPSA) is 67.4 Å². The van der Waals surface area contributed by atoms with E-state index in [1.807, 2.05) is 71.9 Å². The number of amides is 2. The average Bonchev–Trinajstić information content (AvgIpc) is 2.56. The number of hydrogen-bond acceptors (Lipinski definition) is 3. The number of anilines is 2. The summed E-state index contributed by atoms with van der Waals surface area (Å²) in [6, 6.07) is 11.3. The maximum atomic E-state index is 12.3. The summed E-state index contributed by atoms with van der Waals surface area (Å²) in [7, 11) is 0. The van der Waals surface area contributed by atoms with Gasteiger partial charge in [-0.2, -0.15) is 0 Å². The predicted octanol–water partition coefficient (Wildman–Crippen LogP) is 4.61. The third kappa shape index (κ3) is 5.58. The zero-order chi connectivity index (χ0) is 20.2. The van der Waals surface area contributed by atoms with E-state index in [1.54, 1.807) is 6.07 Å². The number of carbonyl (C=O) groups is 2. The molecule has 0 spiro atoms. The Labute approximate surface area is 161 Å². The lowest BCUT2D eigenvalue weighted by atomic mass is 9.95. The Bertz CT molecular complexity index is 831. The van der Waals surface area contributed by atoms with Gasteiger partial charge in [-0.05, 0) is 49.6 Å². The minimum Gasteiger partial charge on any atom is -0.483 e. The first-order chi connectivity index (χ1) is 12.6. The van der Waals surface area contributed by atoms with Crippen molar-refractivity contribution >= 4 is 23.2 Å². The fourth-order valence-corrected chi connectivity index (χ4v) is 2.50. The monoisotopic (exact) mass is 368 g/mol. The zero-order valence-electron chi connectivity index (χ0n) is 16.9. The van der Waals surface area contributed by atoms with Crippen molar-refractivity contribution in [2.75, 3.05) is 17.2 Å². The zero-order valence-corrected chi connectivity index (χ0v) is 16.9. The second-order valence-electron chi connectivity index (χ2n) is 7.79. The van der Waals surface area contributed by atoms with Gasteiger partial charge < -0.3 is 15.4 Å². The van der Waals surface area contributed by atoms with Crippen LogP contribution < -0.4 is 15.4 Å². The molecule has 2 aromatic carbocycles. The van der Waals surface area contributed by atoms with Crippen LogP contribution in [0, 0.1) is 26.2 Å². The fourth-order valence-electron chi connectivity index (χ4n) is 2.50. The SMILES string of the molecule is Cc1ccc(NC(=O)C(C)(C)C)cc1NC(=O)COc1c(C)cccc1C. The Hall–Kier alpha value is -2.82. The molecule has 0 bridgehead atoms. The molecule has 5 heteroatoms. The molecule has 2 aromatic rings. The van der Waals surface area contributed by atoms with Gasteiger partial charge in [-0.25, -0.2) is 0 Å². The fraction of sp³-hybridized carbons (Fsp3) is 0.364. The molecule has 0 unspecified atom stereocenters. The summed E-state index contributed by atoms with van der Waals surface area (Å²) in [5.41, 5.74) is 3.69. The predicted molar refractivity (Wildman–Crippen MR) is 109 cm³/mol. The molecule has 5 nitrogen and oxygen atoms in total. The van der Waals surface area contributed by atoms with Crippen molar-refractivity contribution in [1.29, 1.82) is 0 Å². The number of benzene rings is 2. The van der Waals surface area contributed by atoms with Crippen LogP contribution in [0.2, 0.25) is 0 Å². The van der Waals surface area contributed by atoms with Gasteiger partial charge in [-0.3, -0.25) is 9.59 Å². The number of ether oxygens (including phenoxy) is 1. The summed E-state index contributed by atoms with van der Waals surface area (Å²) >= 11 is 0. The second-order valence-corrected chi connectivity index (χ2v) is 7.79. The number of aryl methyl sites for hydroxylation is 3. The van der Waals surface area contributed by atoms with E-state index >= 15 is 0 Å². The molecule has 27 heavy (non-hydrogen) atoms. The van der Waals surface area contributed by atoms with Gasteiger partial charge in [-0.1, -0.05) is 45.0 Å². The lowest BCUT2D eigenvalue weighted by molar-refractivity contribution is -0.123. The average molecular weight is 368 g/mol. The van der Waals surface area contributed by atoms with Crippen LogP contribution >= 0.6 is 0 Å². The Kier molecular flexibility index (Phi) is 6.26. The summed E-state index contributed by atoms with van der Waals surface area (Å²) in [6.07, 6.45) is 0. The molecule has 0 aliphatic heterocycles. The molecule has 0 radical (unpaired) electrons. The van der Waals surface area contributed by atoms with Crippen LogP contribution in [0.1, 0.15) is 37.5 Å². The minimum atomic E-state index is -0.493. The molecular formula is C22H28N2O3. The molecule has 0 saturated heterocycles. The number of para-hydroxylation sites is 1. The van der Waals surface area contributed by atoms with Gasteiger partial charge in [0.05, 0.1) is 0 Å². The summed E-state index contributed by atoms with van der Waals surface area (Å²) in [4.78, 5) is 24.5. The van der Waals surface area contributed by atoms with Gasteiger partial charge in [0.15, 0.2) is 6.61 Å². The summed E-state index contributed by atoms with van der Waals surface area (Å²) < 4.78 is 5.70. The third-order valence-electron chi connectivity index (χ3n) is 4.21. The highest BCUT2D eigenvalue weighted by Gasteiger charge is 2.21. The summed E-state index contributed by atoms with van der Waals surface area (Å²) in [5.74, 6) is 0.401. The molecule has 2 amide bonds. The van der Waals surface area contributed by atoms with E-state index in [0.717, 1.165) is 22.4 Å². The van der Waals surface area contributed by atoms with Crippen molar-refractivity contribution in [3.8, 4) is 5.75 Å². The molecule has 0 aromatic heterocycles. The highest BCUT2D eigenvalue weighted by molar-refractivity contribution is 5.97. The van der Waals surface area contributed by atoms with Crippen molar-refractivity contribution in [2.24, 2.45) is 5.41 Å². The molecule has 0 aliphatic carbocycles. The van der Waals surface area contributed by atoms with E-state index in [2.05, 4.69) is 10.6 Å². The van der Waals surface area contributed by atoms with E-state index < -0.39 is 5.41 Å². The molecule has 0 saturated carbocycles. The quantitative estimate of drug-likeness (QED) is 0.809. The summed E-state index contributed by atoms with van der Waals surface area (Å²) in [6.45, 7) is 11.3. The minimum absolute atomic E-state index is 0.0797. The van der Waals surface area contributed by atoms with Crippen molar-refractivity contribution in [2.45, 2.75) is 41.5 Å². The van der Waals surface area contributed by atoms with Gasteiger partial charge in [0.1, 0.15) is 5.75 Å². The van der Waals surface area contributed by atoms with Crippen LogP contribution in [-0.4, -0.2) is 18.4 Å². The van der Waals surface area contributed by atoms with Crippen LogP contribution in [0.25, 0.3) is 0 Å². The Morgan fingerprint density at radius 2 is 1.56 bits per heavy atom. The van der Waals surface area contributed by atoms with Crippen LogP contribution in [-0.2, 0) is 9.59 Å². The first kappa shape index (κ1) is 20.5. The van der Waals surface area contributed by atoms with E-state index in [-0.39, 0.29) is 18.4 Å². The van der Waals surface area contributed by atoms with Gasteiger partial charge in [0.2, 0.25) is 5.91 Å². The van der Waals surface area contributed by atoms with Gasteiger partial charge >= 0.3 is 0 Å². The molecule has 2 N–H and O–H groups in total. The van der Waals surface area contributed by atoms with Crippen LogP contribution in [0.4, 0.5) is 11.4 Å². The molecule has 0 atom stereocenters. The molecule has 0 fully saturated rings. The second kappa shape index (κ2) is 8.25. The maximum absolute atomic E-state index is 12.3.